The Balaban J connectivity index is 1.72. The summed E-state index contributed by atoms with van der Waals surface area (Å²) in [5.41, 5.74) is 0.312. The van der Waals surface area contributed by atoms with E-state index in [1.807, 2.05) is 0 Å². The number of likely N-dealkylation sites (tertiary alicyclic amines) is 1. The van der Waals surface area contributed by atoms with Crippen LogP contribution < -0.4 is 11.2 Å². The lowest BCUT2D eigenvalue weighted by Gasteiger charge is -2.24. The topological polar surface area (TPSA) is 85.3 Å². The zero-order chi connectivity index (χ0) is 18.0. The molecule has 1 fully saturated rings. The molecule has 0 radical (unpaired) electrons. The number of hydrogen-bond donors (Lipinski definition) is 1. The Morgan fingerprint density at radius 3 is 2.80 bits per heavy atom. The highest BCUT2D eigenvalue weighted by molar-refractivity contribution is 5.69. The molecule has 0 aliphatic carbocycles. The van der Waals surface area contributed by atoms with Gasteiger partial charge in [-0.05, 0) is 38.6 Å². The molecule has 0 saturated carbocycles. The van der Waals surface area contributed by atoms with Crippen LogP contribution in [0.4, 0.5) is 0 Å². The molecule has 3 rings (SSSR count). The third-order valence-electron chi connectivity index (χ3n) is 5.22. The van der Waals surface area contributed by atoms with Gasteiger partial charge in [-0.3, -0.25) is 13.9 Å². The van der Waals surface area contributed by atoms with E-state index in [2.05, 4.69) is 9.88 Å². The molecule has 1 aliphatic rings. The summed E-state index contributed by atoms with van der Waals surface area (Å²) in [6.07, 6.45) is 6.51. The highest BCUT2D eigenvalue weighted by atomic mass is 16.3. The Morgan fingerprint density at radius 1 is 1.24 bits per heavy atom. The molecule has 8 nitrogen and oxygen atoms in total. The lowest BCUT2D eigenvalue weighted by atomic mass is 10.1. The number of aromatic nitrogens is 4. The summed E-state index contributed by atoms with van der Waals surface area (Å²) in [7, 11) is 3.42. The van der Waals surface area contributed by atoms with Crippen LogP contribution in [0.1, 0.15) is 32.1 Å². The fourth-order valence-corrected chi connectivity index (χ4v) is 3.87. The Morgan fingerprint density at radius 2 is 2.04 bits per heavy atom. The molecule has 0 aromatic carbocycles. The van der Waals surface area contributed by atoms with E-state index < -0.39 is 0 Å². The smallest absolute Gasteiger partial charge is 0.332 e. The summed E-state index contributed by atoms with van der Waals surface area (Å²) in [6.45, 7) is 2.58. The largest absolute Gasteiger partial charge is 0.396 e. The van der Waals surface area contributed by atoms with Gasteiger partial charge in [-0.2, -0.15) is 0 Å². The van der Waals surface area contributed by atoms with Crippen molar-refractivity contribution in [2.24, 2.45) is 14.1 Å². The molecule has 138 valence electrons. The first-order valence-electron chi connectivity index (χ1n) is 9.00. The molecule has 1 unspecified atom stereocenters. The molecule has 8 heteroatoms. The predicted octanol–water partition coefficient (Wildman–Crippen LogP) is 0.0607. The number of fused-ring (bicyclic) bond motifs is 1. The van der Waals surface area contributed by atoms with Gasteiger partial charge in [-0.25, -0.2) is 9.78 Å². The molecule has 2 aromatic heterocycles. The molecular formula is C17H27N5O3. The maximum absolute atomic E-state index is 12.7. The van der Waals surface area contributed by atoms with Gasteiger partial charge >= 0.3 is 5.69 Å². The van der Waals surface area contributed by atoms with Crippen LogP contribution in [-0.4, -0.2) is 54.4 Å². The highest BCUT2D eigenvalue weighted by Gasteiger charge is 2.23. The molecule has 1 saturated heterocycles. The van der Waals surface area contributed by atoms with Gasteiger partial charge in [0.15, 0.2) is 11.2 Å². The minimum absolute atomic E-state index is 0.237. The zero-order valence-electron chi connectivity index (χ0n) is 15.0. The van der Waals surface area contributed by atoms with Crippen molar-refractivity contribution < 1.29 is 5.11 Å². The Kier molecular flexibility index (Phi) is 5.39. The van der Waals surface area contributed by atoms with Gasteiger partial charge in [0.2, 0.25) is 0 Å². The monoisotopic (exact) mass is 349 g/mol. The van der Waals surface area contributed by atoms with Crippen molar-refractivity contribution in [3.63, 3.8) is 0 Å². The quantitative estimate of drug-likeness (QED) is 0.764. The van der Waals surface area contributed by atoms with Gasteiger partial charge < -0.3 is 14.6 Å². The van der Waals surface area contributed by atoms with E-state index in [4.69, 9.17) is 5.11 Å². The van der Waals surface area contributed by atoms with Gasteiger partial charge in [-0.15, -0.1) is 0 Å². The van der Waals surface area contributed by atoms with Crippen LogP contribution >= 0.6 is 0 Å². The summed E-state index contributed by atoms with van der Waals surface area (Å²) in [5, 5.41) is 9.02. The second kappa shape index (κ2) is 7.53. The molecule has 1 atom stereocenters. The second-order valence-corrected chi connectivity index (χ2v) is 6.88. The van der Waals surface area contributed by atoms with Crippen molar-refractivity contribution in [1.82, 2.24) is 23.6 Å². The highest BCUT2D eigenvalue weighted by Crippen LogP contribution is 2.21. The Bertz CT molecular complexity index is 850. The Labute approximate surface area is 146 Å². The molecule has 0 bridgehead atoms. The van der Waals surface area contributed by atoms with Gasteiger partial charge in [0, 0.05) is 39.8 Å². The zero-order valence-corrected chi connectivity index (χ0v) is 15.0. The minimum Gasteiger partial charge on any atom is -0.396 e. The summed E-state index contributed by atoms with van der Waals surface area (Å²) >= 11 is 0. The summed E-state index contributed by atoms with van der Waals surface area (Å²) in [4.78, 5) is 31.7. The molecule has 2 aromatic rings. The molecular weight excluding hydrogens is 322 g/mol. The van der Waals surface area contributed by atoms with Crippen LogP contribution in [0.3, 0.4) is 0 Å². The van der Waals surface area contributed by atoms with Crippen LogP contribution in [-0.2, 0) is 20.6 Å². The average molecular weight is 349 g/mol. The number of nitrogens with zero attached hydrogens (tertiary/aromatic N) is 5. The molecule has 1 aliphatic heterocycles. The molecule has 25 heavy (non-hydrogen) atoms. The van der Waals surface area contributed by atoms with E-state index >= 15 is 0 Å². The van der Waals surface area contributed by atoms with Crippen molar-refractivity contribution in [3.05, 3.63) is 27.2 Å². The number of aliphatic hydroxyl groups is 1. The van der Waals surface area contributed by atoms with Crippen molar-refractivity contribution in [1.29, 1.82) is 0 Å². The van der Waals surface area contributed by atoms with E-state index in [1.165, 1.54) is 22.0 Å². The van der Waals surface area contributed by atoms with E-state index in [-0.39, 0.29) is 17.9 Å². The lowest BCUT2D eigenvalue weighted by molar-refractivity contribution is 0.211. The maximum atomic E-state index is 12.7. The van der Waals surface area contributed by atoms with E-state index in [0.29, 0.717) is 23.8 Å². The standard InChI is InChI=1S/C17H27N5O3/c1-19-12-18-15-14(19)16(24)22(17(25)20(15)2)10-5-9-21-8-3-6-13(21)7-4-11-23/h12-13,23H,3-11H2,1-2H3. The number of aliphatic hydroxyl groups excluding tert-OH is 1. The van der Waals surface area contributed by atoms with Crippen LogP contribution in [0, 0.1) is 0 Å². The normalized spacial score (nSPS) is 18.4. The lowest BCUT2D eigenvalue weighted by Crippen LogP contribution is -2.40. The molecule has 0 amide bonds. The minimum atomic E-state index is -0.311. The fraction of sp³-hybridized carbons (Fsp3) is 0.706. The van der Waals surface area contributed by atoms with Gasteiger partial charge in [0.1, 0.15) is 0 Å². The van der Waals surface area contributed by atoms with E-state index in [9.17, 15) is 9.59 Å². The summed E-state index contributed by atoms with van der Waals surface area (Å²) in [6, 6.07) is 0.520. The average Bonchev–Trinajstić information content (AvgIpc) is 3.20. The van der Waals surface area contributed by atoms with Crippen molar-refractivity contribution in [2.75, 3.05) is 19.7 Å². The van der Waals surface area contributed by atoms with Gasteiger partial charge in [-0.1, -0.05) is 0 Å². The number of hydrogen-bond acceptors (Lipinski definition) is 5. The van der Waals surface area contributed by atoms with Crippen LogP contribution in [0.2, 0.25) is 0 Å². The van der Waals surface area contributed by atoms with Crippen molar-refractivity contribution >= 4 is 11.2 Å². The fourth-order valence-electron chi connectivity index (χ4n) is 3.87. The van der Waals surface area contributed by atoms with Gasteiger partial charge in [0.05, 0.1) is 6.33 Å². The first-order chi connectivity index (χ1) is 12.0. The molecule has 1 N–H and O–H groups in total. The number of rotatable bonds is 7. The van der Waals surface area contributed by atoms with E-state index in [0.717, 1.165) is 32.4 Å². The third kappa shape index (κ3) is 3.41. The molecule has 0 spiro atoms. The van der Waals surface area contributed by atoms with Crippen LogP contribution in [0.25, 0.3) is 11.2 Å². The summed E-state index contributed by atoms with van der Waals surface area (Å²) in [5.74, 6) is 0. The number of aryl methyl sites for hydroxylation is 2. The Hall–Kier alpha value is -1.93. The number of imidazole rings is 1. The summed E-state index contributed by atoms with van der Waals surface area (Å²) < 4.78 is 4.43. The third-order valence-corrected chi connectivity index (χ3v) is 5.22. The van der Waals surface area contributed by atoms with Gasteiger partial charge in [0.25, 0.3) is 5.56 Å². The first-order valence-corrected chi connectivity index (χ1v) is 9.00. The van der Waals surface area contributed by atoms with E-state index in [1.54, 1.807) is 25.0 Å². The SMILES string of the molecule is Cn1cnc2c1c(=O)n(CCCN1CCCC1CCCO)c(=O)n2C. The second-order valence-electron chi connectivity index (χ2n) is 6.88. The maximum Gasteiger partial charge on any atom is 0.332 e. The first kappa shape index (κ1) is 17.9. The van der Waals surface area contributed by atoms with Crippen LogP contribution in [0.15, 0.2) is 15.9 Å². The predicted molar refractivity (Wildman–Crippen MR) is 95.7 cm³/mol. The van der Waals surface area contributed by atoms with Crippen molar-refractivity contribution in [3.8, 4) is 0 Å². The molecule has 3 heterocycles. The van der Waals surface area contributed by atoms with Crippen molar-refractivity contribution in [2.45, 2.75) is 44.7 Å². The van der Waals surface area contributed by atoms with Crippen LogP contribution in [0.5, 0.6) is 0 Å².